The van der Waals surface area contributed by atoms with Crippen LogP contribution in [0.25, 0.3) is 0 Å². The van der Waals surface area contributed by atoms with Crippen LogP contribution in [0.5, 0.6) is 5.75 Å². The number of nitrogens with zero attached hydrogens (tertiary/aromatic N) is 1. The maximum Gasteiger partial charge on any atom is 0.123 e. The van der Waals surface area contributed by atoms with Crippen LogP contribution < -0.4 is 10.1 Å². The van der Waals surface area contributed by atoms with E-state index in [1.807, 2.05) is 0 Å². The predicted octanol–water partition coefficient (Wildman–Crippen LogP) is 3.22. The summed E-state index contributed by atoms with van der Waals surface area (Å²) in [7, 11) is 1.77. The molecule has 2 aliphatic rings. The minimum absolute atomic E-state index is 0.375. The minimum Gasteiger partial charge on any atom is -0.496 e. The van der Waals surface area contributed by atoms with Crippen molar-refractivity contribution in [2.24, 2.45) is 5.92 Å². The molecule has 1 saturated carbocycles. The first kappa shape index (κ1) is 14.9. The molecule has 21 heavy (non-hydrogen) atoms. The largest absolute Gasteiger partial charge is 0.496 e. The first-order valence-corrected chi connectivity index (χ1v) is 8.42. The van der Waals surface area contributed by atoms with Gasteiger partial charge in [0.05, 0.1) is 7.11 Å². The van der Waals surface area contributed by atoms with E-state index in [-0.39, 0.29) is 0 Å². The lowest BCUT2D eigenvalue weighted by Crippen LogP contribution is -2.40. The molecule has 1 aliphatic heterocycles. The standard InChI is InChI=1S/C18H28N2O/c1-3-10-19-17(16-6-4-5-7-18(16)21-2)13-20-12-14-8-9-15(20)11-14/h4-7,14-15,17,19H,3,8-13H2,1-2H3. The number of hydrogen-bond donors (Lipinski definition) is 1. The third-order valence-corrected chi connectivity index (χ3v) is 5.09. The summed E-state index contributed by atoms with van der Waals surface area (Å²) < 4.78 is 5.57. The number of piperidine rings is 1. The van der Waals surface area contributed by atoms with Gasteiger partial charge in [-0.15, -0.1) is 0 Å². The number of benzene rings is 1. The Bertz CT molecular complexity index is 462. The van der Waals surface area contributed by atoms with Crippen molar-refractivity contribution >= 4 is 0 Å². The molecular weight excluding hydrogens is 260 g/mol. The van der Waals surface area contributed by atoms with Crippen LogP contribution in [0.2, 0.25) is 0 Å². The monoisotopic (exact) mass is 288 g/mol. The minimum atomic E-state index is 0.375. The molecule has 1 aliphatic carbocycles. The number of ether oxygens (including phenoxy) is 1. The van der Waals surface area contributed by atoms with Crippen LogP contribution >= 0.6 is 0 Å². The molecule has 2 bridgehead atoms. The second kappa shape index (κ2) is 6.80. The molecule has 0 radical (unpaired) electrons. The molecule has 0 aromatic heterocycles. The predicted molar refractivity (Wildman–Crippen MR) is 86.7 cm³/mol. The first-order valence-electron chi connectivity index (χ1n) is 8.42. The molecule has 1 heterocycles. The normalized spacial score (nSPS) is 26.2. The van der Waals surface area contributed by atoms with Gasteiger partial charge in [0.2, 0.25) is 0 Å². The molecule has 0 amide bonds. The highest BCUT2D eigenvalue weighted by Gasteiger charge is 2.38. The fourth-order valence-corrected chi connectivity index (χ4v) is 4.03. The summed E-state index contributed by atoms with van der Waals surface area (Å²) in [6, 6.07) is 9.66. The average molecular weight is 288 g/mol. The van der Waals surface area contributed by atoms with Gasteiger partial charge in [-0.1, -0.05) is 25.1 Å². The Morgan fingerprint density at radius 2 is 2.19 bits per heavy atom. The molecule has 3 unspecified atom stereocenters. The number of fused-ring (bicyclic) bond motifs is 2. The van der Waals surface area contributed by atoms with E-state index in [1.165, 1.54) is 31.4 Å². The number of rotatable bonds is 7. The summed E-state index contributed by atoms with van der Waals surface area (Å²) in [4.78, 5) is 2.70. The van der Waals surface area contributed by atoms with Crippen LogP contribution in [0.15, 0.2) is 24.3 Å². The van der Waals surface area contributed by atoms with E-state index < -0.39 is 0 Å². The second-order valence-corrected chi connectivity index (χ2v) is 6.54. The smallest absolute Gasteiger partial charge is 0.123 e. The third-order valence-electron chi connectivity index (χ3n) is 5.09. The van der Waals surface area contributed by atoms with Crippen LogP contribution in [0.3, 0.4) is 0 Å². The molecule has 3 rings (SSSR count). The van der Waals surface area contributed by atoms with Gasteiger partial charge in [0, 0.05) is 30.7 Å². The molecule has 1 aromatic rings. The van der Waals surface area contributed by atoms with Gasteiger partial charge in [0.15, 0.2) is 0 Å². The van der Waals surface area contributed by atoms with Crippen molar-refractivity contribution in [3.05, 3.63) is 29.8 Å². The highest BCUT2D eigenvalue weighted by Crippen LogP contribution is 2.38. The van der Waals surface area contributed by atoms with E-state index >= 15 is 0 Å². The Balaban J connectivity index is 1.74. The summed E-state index contributed by atoms with van der Waals surface area (Å²) in [5.74, 6) is 1.97. The third kappa shape index (κ3) is 3.24. The highest BCUT2D eigenvalue weighted by atomic mass is 16.5. The zero-order chi connectivity index (χ0) is 14.7. The number of nitrogens with one attached hydrogen (secondary N) is 1. The van der Waals surface area contributed by atoms with Crippen LogP contribution in [0.1, 0.15) is 44.2 Å². The van der Waals surface area contributed by atoms with Crippen molar-refractivity contribution in [2.75, 3.05) is 26.7 Å². The zero-order valence-electron chi connectivity index (χ0n) is 13.3. The van der Waals surface area contributed by atoms with Gasteiger partial charge in [0.1, 0.15) is 5.75 Å². The fourth-order valence-electron chi connectivity index (χ4n) is 4.03. The molecule has 116 valence electrons. The Morgan fingerprint density at radius 1 is 1.33 bits per heavy atom. The second-order valence-electron chi connectivity index (χ2n) is 6.54. The van der Waals surface area contributed by atoms with Gasteiger partial charge < -0.3 is 10.1 Å². The molecule has 0 spiro atoms. The number of methoxy groups -OCH3 is 1. The number of hydrogen-bond acceptors (Lipinski definition) is 3. The lowest BCUT2D eigenvalue weighted by atomic mass is 10.0. The van der Waals surface area contributed by atoms with Gasteiger partial charge in [0.25, 0.3) is 0 Å². The van der Waals surface area contributed by atoms with Gasteiger partial charge >= 0.3 is 0 Å². The van der Waals surface area contributed by atoms with Crippen molar-refractivity contribution < 1.29 is 4.74 Å². The molecule has 1 saturated heterocycles. The van der Waals surface area contributed by atoms with E-state index in [4.69, 9.17) is 4.74 Å². The average Bonchev–Trinajstić information content (AvgIpc) is 3.14. The van der Waals surface area contributed by atoms with Crippen LogP contribution in [-0.4, -0.2) is 37.7 Å². The quantitative estimate of drug-likeness (QED) is 0.834. The van der Waals surface area contributed by atoms with E-state index in [0.29, 0.717) is 6.04 Å². The van der Waals surface area contributed by atoms with Crippen molar-refractivity contribution in [1.29, 1.82) is 0 Å². The Morgan fingerprint density at radius 3 is 2.86 bits per heavy atom. The van der Waals surface area contributed by atoms with Crippen molar-refractivity contribution in [2.45, 2.75) is 44.7 Å². The summed E-state index contributed by atoms with van der Waals surface area (Å²) in [6.45, 7) is 5.69. The molecular formula is C18H28N2O. The molecule has 2 fully saturated rings. The SMILES string of the molecule is CCCNC(CN1CC2CCC1C2)c1ccccc1OC. The number of para-hydroxylation sites is 1. The first-order chi connectivity index (χ1) is 10.3. The topological polar surface area (TPSA) is 24.5 Å². The molecule has 1 aromatic carbocycles. The van der Waals surface area contributed by atoms with E-state index in [0.717, 1.165) is 37.2 Å². The molecule has 3 heteroatoms. The zero-order valence-corrected chi connectivity index (χ0v) is 13.3. The molecule has 1 N–H and O–H groups in total. The summed E-state index contributed by atoms with van der Waals surface area (Å²) in [5, 5.41) is 3.73. The number of likely N-dealkylation sites (tertiary alicyclic amines) is 1. The van der Waals surface area contributed by atoms with E-state index in [1.54, 1.807) is 7.11 Å². The highest BCUT2D eigenvalue weighted by molar-refractivity contribution is 5.36. The summed E-state index contributed by atoms with van der Waals surface area (Å²) >= 11 is 0. The van der Waals surface area contributed by atoms with E-state index in [2.05, 4.69) is 41.4 Å². The Kier molecular flexibility index (Phi) is 4.81. The maximum atomic E-state index is 5.57. The summed E-state index contributed by atoms with van der Waals surface area (Å²) in [5.41, 5.74) is 1.30. The van der Waals surface area contributed by atoms with Crippen molar-refractivity contribution in [3.63, 3.8) is 0 Å². The Labute approximate surface area is 128 Å². The molecule has 3 nitrogen and oxygen atoms in total. The van der Waals surface area contributed by atoms with Gasteiger partial charge in [-0.05, 0) is 44.2 Å². The van der Waals surface area contributed by atoms with Gasteiger partial charge in [-0.3, -0.25) is 4.90 Å². The summed E-state index contributed by atoms with van der Waals surface area (Å²) in [6.07, 6.45) is 5.43. The van der Waals surface area contributed by atoms with Gasteiger partial charge in [-0.2, -0.15) is 0 Å². The fraction of sp³-hybridized carbons (Fsp3) is 0.667. The van der Waals surface area contributed by atoms with Gasteiger partial charge in [-0.25, -0.2) is 0 Å². The maximum absolute atomic E-state index is 5.57. The lowest BCUT2D eigenvalue weighted by Gasteiger charge is -2.32. The van der Waals surface area contributed by atoms with Crippen LogP contribution in [0, 0.1) is 5.92 Å². The van der Waals surface area contributed by atoms with Crippen LogP contribution in [-0.2, 0) is 0 Å². The van der Waals surface area contributed by atoms with Crippen LogP contribution in [0.4, 0.5) is 0 Å². The van der Waals surface area contributed by atoms with Crippen molar-refractivity contribution in [1.82, 2.24) is 10.2 Å². The molecule has 3 atom stereocenters. The van der Waals surface area contributed by atoms with Crippen molar-refractivity contribution in [3.8, 4) is 5.75 Å². The Hall–Kier alpha value is -1.06. The van der Waals surface area contributed by atoms with E-state index in [9.17, 15) is 0 Å². The lowest BCUT2D eigenvalue weighted by molar-refractivity contribution is 0.190.